The average Bonchev–Trinajstić information content (AvgIpc) is 3.28. The molecule has 0 aliphatic heterocycles. The molecule has 4 rings (SSSR count). The third-order valence-corrected chi connectivity index (χ3v) is 5.03. The lowest BCUT2D eigenvalue weighted by atomic mass is 10.0. The summed E-state index contributed by atoms with van der Waals surface area (Å²) in [5.41, 5.74) is 4.56. The van der Waals surface area contributed by atoms with Gasteiger partial charge in [0.2, 0.25) is 0 Å². The van der Waals surface area contributed by atoms with Gasteiger partial charge in [-0.3, -0.25) is 4.79 Å². The largest absolute Gasteiger partial charge is 0.471 e. The summed E-state index contributed by atoms with van der Waals surface area (Å²) in [4.78, 5) is 12.5. The van der Waals surface area contributed by atoms with Crippen LogP contribution in [-0.2, 0) is 6.73 Å². The van der Waals surface area contributed by atoms with E-state index in [4.69, 9.17) is 4.74 Å². The number of nitrogens with one attached hydrogen (secondary N) is 1. The number of hydrogen-bond donors (Lipinski definition) is 1. The quantitative estimate of drug-likeness (QED) is 0.408. The predicted octanol–water partition coefficient (Wildman–Crippen LogP) is 5.96. The molecule has 0 bridgehead atoms. The number of benzene rings is 3. The fourth-order valence-corrected chi connectivity index (χ4v) is 3.22. The normalized spacial score (nSPS) is 10.8. The van der Waals surface area contributed by atoms with E-state index in [1.807, 2.05) is 54.6 Å². The number of amides is 1. The van der Waals surface area contributed by atoms with Crippen molar-refractivity contribution in [1.29, 1.82) is 0 Å². The molecule has 5 heteroatoms. The van der Waals surface area contributed by atoms with Crippen LogP contribution in [0, 0.1) is 0 Å². The third-order valence-electron chi connectivity index (χ3n) is 5.03. The molecule has 0 unspecified atom stereocenters. The van der Waals surface area contributed by atoms with Crippen LogP contribution in [0.5, 0.6) is 5.75 Å². The molecule has 0 radical (unpaired) electrons. The van der Waals surface area contributed by atoms with E-state index in [1.165, 1.54) is 5.56 Å². The van der Waals surface area contributed by atoms with Crippen molar-refractivity contribution in [3.8, 4) is 16.9 Å². The molecule has 156 valence electrons. The lowest BCUT2D eigenvalue weighted by molar-refractivity contribution is 0.102. The van der Waals surface area contributed by atoms with Crippen molar-refractivity contribution < 1.29 is 9.53 Å². The van der Waals surface area contributed by atoms with Crippen molar-refractivity contribution in [2.45, 2.75) is 26.5 Å². The van der Waals surface area contributed by atoms with Crippen molar-refractivity contribution in [3.05, 3.63) is 102 Å². The van der Waals surface area contributed by atoms with Gasteiger partial charge in [0.05, 0.1) is 0 Å². The first-order chi connectivity index (χ1) is 15.1. The maximum absolute atomic E-state index is 12.5. The highest BCUT2D eigenvalue weighted by Crippen LogP contribution is 2.21. The Morgan fingerprint density at radius 1 is 0.903 bits per heavy atom. The molecule has 5 nitrogen and oxygen atoms in total. The molecule has 0 fully saturated rings. The van der Waals surface area contributed by atoms with Crippen LogP contribution in [0.1, 0.15) is 35.8 Å². The number of rotatable bonds is 7. The first kappa shape index (κ1) is 20.4. The minimum absolute atomic E-state index is 0.236. The highest BCUT2D eigenvalue weighted by molar-refractivity contribution is 6.02. The van der Waals surface area contributed by atoms with E-state index >= 15 is 0 Å². The molecule has 0 atom stereocenters. The van der Waals surface area contributed by atoms with Crippen LogP contribution >= 0.6 is 0 Å². The van der Waals surface area contributed by atoms with E-state index in [1.54, 1.807) is 16.9 Å². The van der Waals surface area contributed by atoms with Gasteiger partial charge in [-0.2, -0.15) is 5.10 Å². The zero-order chi connectivity index (χ0) is 21.6. The Balaban J connectivity index is 1.33. The highest BCUT2D eigenvalue weighted by atomic mass is 16.5. The molecule has 0 aliphatic rings. The summed E-state index contributed by atoms with van der Waals surface area (Å²) < 4.78 is 7.36. The first-order valence-electron chi connectivity index (χ1n) is 10.3. The summed E-state index contributed by atoms with van der Waals surface area (Å²) in [5, 5.41) is 7.20. The first-order valence-corrected chi connectivity index (χ1v) is 10.3. The van der Waals surface area contributed by atoms with Gasteiger partial charge in [0.1, 0.15) is 5.75 Å². The fraction of sp³-hybridized carbons (Fsp3) is 0.154. The number of carbonyl (C=O) groups is 1. The van der Waals surface area contributed by atoms with Crippen molar-refractivity contribution in [3.63, 3.8) is 0 Å². The third kappa shape index (κ3) is 5.20. The molecule has 1 amide bonds. The molecule has 0 spiro atoms. The molecule has 31 heavy (non-hydrogen) atoms. The van der Waals surface area contributed by atoms with Gasteiger partial charge < -0.3 is 10.1 Å². The van der Waals surface area contributed by atoms with Gasteiger partial charge in [-0.1, -0.05) is 68.4 Å². The van der Waals surface area contributed by atoms with E-state index in [2.05, 4.69) is 48.5 Å². The Morgan fingerprint density at radius 3 is 2.26 bits per heavy atom. The smallest absolute Gasteiger partial charge is 0.276 e. The van der Waals surface area contributed by atoms with Gasteiger partial charge in [-0.25, -0.2) is 4.68 Å². The zero-order valence-electron chi connectivity index (χ0n) is 17.7. The average molecular weight is 412 g/mol. The zero-order valence-corrected chi connectivity index (χ0v) is 17.7. The van der Waals surface area contributed by atoms with Gasteiger partial charge in [0.25, 0.3) is 5.91 Å². The Labute approximate surface area is 182 Å². The number of carbonyl (C=O) groups excluding carboxylic acids is 1. The Kier molecular flexibility index (Phi) is 6.13. The van der Waals surface area contributed by atoms with Gasteiger partial charge in [-0.15, -0.1) is 0 Å². The molecule has 0 aliphatic carbocycles. The summed E-state index contributed by atoms with van der Waals surface area (Å²) >= 11 is 0. The molecule has 1 N–H and O–H groups in total. The van der Waals surface area contributed by atoms with E-state index in [-0.39, 0.29) is 12.6 Å². The number of ether oxygens (including phenoxy) is 1. The SMILES string of the molecule is CC(C)c1ccc(OCn2ccc(C(=O)Nc3ccc(-c4ccccc4)cc3)n2)cc1. The maximum atomic E-state index is 12.5. The van der Waals surface area contributed by atoms with Crippen LogP contribution in [0.15, 0.2) is 91.1 Å². The summed E-state index contributed by atoms with van der Waals surface area (Å²) in [6.07, 6.45) is 1.73. The van der Waals surface area contributed by atoms with Crippen LogP contribution in [0.25, 0.3) is 11.1 Å². The summed E-state index contributed by atoms with van der Waals surface area (Å²) in [7, 11) is 0. The Bertz CT molecular complexity index is 1130. The van der Waals surface area contributed by atoms with Crippen molar-refractivity contribution in [2.75, 3.05) is 5.32 Å². The molecule has 3 aromatic carbocycles. The lowest BCUT2D eigenvalue weighted by Crippen LogP contribution is -2.14. The number of nitrogens with zero attached hydrogens (tertiary/aromatic N) is 2. The number of hydrogen-bond acceptors (Lipinski definition) is 3. The second-order valence-corrected chi connectivity index (χ2v) is 7.64. The minimum Gasteiger partial charge on any atom is -0.471 e. The Morgan fingerprint density at radius 2 is 1.58 bits per heavy atom. The molecule has 1 aromatic heterocycles. The van der Waals surface area contributed by atoms with Crippen LogP contribution < -0.4 is 10.1 Å². The Hall–Kier alpha value is -3.86. The molecule has 4 aromatic rings. The summed E-state index contributed by atoms with van der Waals surface area (Å²) in [6.45, 7) is 4.55. The van der Waals surface area contributed by atoms with Crippen molar-refractivity contribution in [2.24, 2.45) is 0 Å². The molecule has 1 heterocycles. The van der Waals surface area contributed by atoms with Crippen molar-refractivity contribution >= 4 is 11.6 Å². The van der Waals surface area contributed by atoms with E-state index < -0.39 is 0 Å². The van der Waals surface area contributed by atoms with Crippen LogP contribution in [0.4, 0.5) is 5.69 Å². The standard InChI is InChI=1S/C26H25N3O2/c1-19(2)20-10-14-24(15-11-20)31-18-29-17-16-25(28-29)26(30)27-23-12-8-22(9-13-23)21-6-4-3-5-7-21/h3-17,19H,18H2,1-2H3,(H,27,30). The van der Waals surface area contributed by atoms with Crippen molar-refractivity contribution in [1.82, 2.24) is 9.78 Å². The van der Waals surface area contributed by atoms with Gasteiger partial charge in [-0.05, 0) is 52.9 Å². The number of anilines is 1. The monoisotopic (exact) mass is 411 g/mol. The molecule has 0 saturated heterocycles. The molecule has 0 saturated carbocycles. The van der Waals surface area contributed by atoms with Crippen LogP contribution in [-0.4, -0.2) is 15.7 Å². The summed E-state index contributed by atoms with van der Waals surface area (Å²) in [5.74, 6) is 0.993. The fourth-order valence-electron chi connectivity index (χ4n) is 3.22. The van der Waals surface area contributed by atoms with Crippen LogP contribution in [0.3, 0.4) is 0 Å². The molecular formula is C26H25N3O2. The minimum atomic E-state index is -0.257. The maximum Gasteiger partial charge on any atom is 0.276 e. The van der Waals surface area contributed by atoms with Crippen LogP contribution in [0.2, 0.25) is 0 Å². The van der Waals surface area contributed by atoms with Gasteiger partial charge >= 0.3 is 0 Å². The number of aromatic nitrogens is 2. The van der Waals surface area contributed by atoms with E-state index in [9.17, 15) is 4.79 Å². The second-order valence-electron chi connectivity index (χ2n) is 7.64. The van der Waals surface area contributed by atoms with Gasteiger partial charge in [0.15, 0.2) is 12.4 Å². The van der Waals surface area contributed by atoms with E-state index in [0.717, 1.165) is 22.6 Å². The highest BCUT2D eigenvalue weighted by Gasteiger charge is 2.10. The topological polar surface area (TPSA) is 56.1 Å². The van der Waals surface area contributed by atoms with E-state index in [0.29, 0.717) is 11.6 Å². The predicted molar refractivity (Wildman–Crippen MR) is 123 cm³/mol. The molecular weight excluding hydrogens is 386 g/mol. The van der Waals surface area contributed by atoms with Gasteiger partial charge in [0, 0.05) is 11.9 Å². The summed E-state index contributed by atoms with van der Waals surface area (Å²) in [6, 6.07) is 27.6. The second kappa shape index (κ2) is 9.30. The lowest BCUT2D eigenvalue weighted by Gasteiger charge is -2.09.